The van der Waals surface area contributed by atoms with E-state index >= 15 is 0 Å². The highest BCUT2D eigenvalue weighted by molar-refractivity contribution is 7.92. The Labute approximate surface area is 80.5 Å². The van der Waals surface area contributed by atoms with Gasteiger partial charge >= 0.3 is 0 Å². The number of carbonyl (C=O) groups is 1. The van der Waals surface area contributed by atoms with Crippen LogP contribution in [0.5, 0.6) is 0 Å². The van der Waals surface area contributed by atoms with Crippen LogP contribution >= 0.6 is 11.3 Å². The molecular weight excluding hydrogens is 210 g/mol. The van der Waals surface area contributed by atoms with Crippen LogP contribution in [-0.2, 0) is 14.6 Å². The molecule has 0 saturated heterocycles. The molecule has 1 rings (SSSR count). The third-order valence-electron chi connectivity index (χ3n) is 1.25. The number of hydrogen-bond donors (Lipinski definition) is 1. The van der Waals surface area contributed by atoms with E-state index in [1.54, 1.807) is 6.07 Å². The molecule has 13 heavy (non-hydrogen) atoms. The van der Waals surface area contributed by atoms with Gasteiger partial charge in [-0.05, 0) is 12.1 Å². The minimum atomic E-state index is -3.15. The molecule has 0 saturated carbocycles. The fraction of sp³-hybridized carbons (Fsp3) is 0.286. The summed E-state index contributed by atoms with van der Waals surface area (Å²) in [6.07, 6.45) is 1.14. The number of rotatable bonds is 2. The molecule has 0 radical (unpaired) electrons. The second-order valence-corrected chi connectivity index (χ2v) is 5.90. The lowest BCUT2D eigenvalue weighted by Gasteiger charge is -1.94. The molecule has 0 bridgehead atoms. The van der Waals surface area contributed by atoms with Crippen LogP contribution in [0, 0.1) is 0 Å². The van der Waals surface area contributed by atoms with Gasteiger partial charge in [0.15, 0.2) is 9.84 Å². The quantitative estimate of drug-likeness (QED) is 0.810. The maximum absolute atomic E-state index is 11.0. The van der Waals surface area contributed by atoms with Gasteiger partial charge in [0.25, 0.3) is 0 Å². The average Bonchev–Trinajstić information content (AvgIpc) is 2.32. The SMILES string of the molecule is CC(=O)Nc1ccc(S(C)(=O)=O)s1. The molecule has 1 aromatic rings. The van der Waals surface area contributed by atoms with Crippen LogP contribution in [0.4, 0.5) is 5.00 Å². The molecule has 6 heteroatoms. The van der Waals surface area contributed by atoms with E-state index in [0.29, 0.717) is 5.00 Å². The molecule has 0 aliphatic heterocycles. The van der Waals surface area contributed by atoms with Gasteiger partial charge in [0.2, 0.25) is 5.91 Å². The minimum Gasteiger partial charge on any atom is -0.318 e. The maximum Gasteiger partial charge on any atom is 0.221 e. The molecule has 0 unspecified atom stereocenters. The maximum atomic E-state index is 11.0. The zero-order valence-electron chi connectivity index (χ0n) is 7.20. The fourth-order valence-electron chi connectivity index (χ4n) is 0.760. The lowest BCUT2D eigenvalue weighted by atomic mass is 10.6. The molecule has 4 nitrogen and oxygen atoms in total. The van der Waals surface area contributed by atoms with Gasteiger partial charge in [-0.3, -0.25) is 4.79 Å². The summed E-state index contributed by atoms with van der Waals surface area (Å²) in [6, 6.07) is 3.05. The van der Waals surface area contributed by atoms with E-state index < -0.39 is 9.84 Å². The summed E-state index contributed by atoms with van der Waals surface area (Å²) in [4.78, 5) is 10.6. The Kier molecular flexibility index (Phi) is 2.72. The van der Waals surface area contributed by atoms with E-state index in [2.05, 4.69) is 5.32 Å². The van der Waals surface area contributed by atoms with Crippen molar-refractivity contribution in [2.45, 2.75) is 11.1 Å². The molecule has 72 valence electrons. The zero-order valence-corrected chi connectivity index (χ0v) is 8.83. The van der Waals surface area contributed by atoms with Crippen molar-refractivity contribution in [1.29, 1.82) is 0 Å². The third-order valence-corrected chi connectivity index (χ3v) is 4.07. The van der Waals surface area contributed by atoms with Crippen molar-refractivity contribution in [3.63, 3.8) is 0 Å². The van der Waals surface area contributed by atoms with Crippen molar-refractivity contribution in [2.75, 3.05) is 11.6 Å². The predicted octanol–water partition coefficient (Wildman–Crippen LogP) is 1.11. The summed E-state index contributed by atoms with van der Waals surface area (Å²) in [5, 5.41) is 3.06. The lowest BCUT2D eigenvalue weighted by molar-refractivity contribution is -0.114. The number of sulfone groups is 1. The summed E-state index contributed by atoms with van der Waals surface area (Å²) >= 11 is 1.05. The summed E-state index contributed by atoms with van der Waals surface area (Å²) in [5.41, 5.74) is 0. The van der Waals surface area contributed by atoms with E-state index in [-0.39, 0.29) is 10.1 Å². The highest BCUT2D eigenvalue weighted by atomic mass is 32.2. The molecule has 0 aliphatic rings. The molecule has 0 aromatic carbocycles. The third kappa shape index (κ3) is 2.82. The second kappa shape index (κ2) is 3.47. The fourth-order valence-corrected chi connectivity index (χ4v) is 2.63. The molecule has 0 aliphatic carbocycles. The van der Waals surface area contributed by atoms with Gasteiger partial charge < -0.3 is 5.32 Å². The zero-order chi connectivity index (χ0) is 10.1. The Bertz CT molecular complexity index is 419. The van der Waals surface area contributed by atoms with Gasteiger partial charge in [-0.15, -0.1) is 11.3 Å². The number of carbonyl (C=O) groups excluding carboxylic acids is 1. The summed E-state index contributed by atoms with van der Waals surface area (Å²) < 4.78 is 22.3. The molecule has 0 spiro atoms. The molecule has 0 atom stereocenters. The Balaban J connectivity index is 2.94. The molecular formula is C7H9NO3S2. The van der Waals surface area contributed by atoms with Crippen molar-refractivity contribution in [2.24, 2.45) is 0 Å². The lowest BCUT2D eigenvalue weighted by Crippen LogP contribution is -2.03. The minimum absolute atomic E-state index is 0.207. The number of amides is 1. The van der Waals surface area contributed by atoms with E-state index in [4.69, 9.17) is 0 Å². The van der Waals surface area contributed by atoms with Crippen LogP contribution in [-0.4, -0.2) is 20.6 Å². The van der Waals surface area contributed by atoms with Crippen molar-refractivity contribution < 1.29 is 13.2 Å². The van der Waals surface area contributed by atoms with Gasteiger partial charge in [0.05, 0.1) is 5.00 Å². The van der Waals surface area contributed by atoms with Crippen LogP contribution in [0.2, 0.25) is 0 Å². The first-order valence-corrected chi connectivity index (χ1v) is 6.18. The van der Waals surface area contributed by atoms with E-state index in [9.17, 15) is 13.2 Å². The monoisotopic (exact) mass is 219 g/mol. The van der Waals surface area contributed by atoms with Crippen LogP contribution in [0.15, 0.2) is 16.3 Å². The summed E-state index contributed by atoms with van der Waals surface area (Å²) in [6.45, 7) is 1.37. The topological polar surface area (TPSA) is 63.2 Å². The highest BCUT2D eigenvalue weighted by Gasteiger charge is 2.10. The Morgan fingerprint density at radius 1 is 1.46 bits per heavy atom. The van der Waals surface area contributed by atoms with E-state index in [0.717, 1.165) is 17.6 Å². The molecule has 0 fully saturated rings. The smallest absolute Gasteiger partial charge is 0.221 e. The van der Waals surface area contributed by atoms with Gasteiger partial charge in [0.1, 0.15) is 4.21 Å². The molecule has 1 heterocycles. The van der Waals surface area contributed by atoms with Gasteiger partial charge in [-0.1, -0.05) is 0 Å². The molecule has 1 aromatic heterocycles. The van der Waals surface area contributed by atoms with Crippen LogP contribution in [0.1, 0.15) is 6.92 Å². The Morgan fingerprint density at radius 3 is 2.46 bits per heavy atom. The van der Waals surface area contributed by atoms with Crippen molar-refractivity contribution in [1.82, 2.24) is 0 Å². The standard InChI is InChI=1S/C7H9NO3S2/c1-5(9)8-6-3-4-7(12-6)13(2,10)11/h3-4H,1-2H3,(H,8,9). The first-order chi connectivity index (χ1) is 5.89. The number of hydrogen-bond acceptors (Lipinski definition) is 4. The van der Waals surface area contributed by atoms with Crippen molar-refractivity contribution in [3.05, 3.63) is 12.1 Å². The largest absolute Gasteiger partial charge is 0.318 e. The Morgan fingerprint density at radius 2 is 2.08 bits per heavy atom. The first kappa shape index (κ1) is 10.2. The summed E-state index contributed by atoms with van der Waals surface area (Å²) in [5.74, 6) is -0.207. The number of anilines is 1. The highest BCUT2D eigenvalue weighted by Crippen LogP contribution is 2.25. The first-order valence-electron chi connectivity index (χ1n) is 3.47. The van der Waals surface area contributed by atoms with Crippen LogP contribution in [0.25, 0.3) is 0 Å². The number of thiophene rings is 1. The average molecular weight is 219 g/mol. The van der Waals surface area contributed by atoms with Gasteiger partial charge in [-0.2, -0.15) is 0 Å². The van der Waals surface area contributed by atoms with Gasteiger partial charge in [-0.25, -0.2) is 8.42 Å². The number of nitrogens with one attached hydrogen (secondary N) is 1. The molecule has 1 N–H and O–H groups in total. The van der Waals surface area contributed by atoms with Crippen molar-refractivity contribution >= 4 is 32.1 Å². The van der Waals surface area contributed by atoms with Crippen LogP contribution < -0.4 is 5.32 Å². The van der Waals surface area contributed by atoms with Crippen molar-refractivity contribution in [3.8, 4) is 0 Å². The second-order valence-electron chi connectivity index (χ2n) is 2.57. The van der Waals surface area contributed by atoms with Crippen LogP contribution in [0.3, 0.4) is 0 Å². The Hall–Kier alpha value is -0.880. The molecule has 1 amide bonds. The predicted molar refractivity (Wildman–Crippen MR) is 51.7 cm³/mol. The summed E-state index contributed by atoms with van der Waals surface area (Å²) in [7, 11) is -3.15. The van der Waals surface area contributed by atoms with Gasteiger partial charge in [0, 0.05) is 13.2 Å². The normalized spacial score (nSPS) is 11.2. The van der Waals surface area contributed by atoms with E-state index in [1.807, 2.05) is 0 Å². The van der Waals surface area contributed by atoms with E-state index in [1.165, 1.54) is 13.0 Å².